The van der Waals surface area contributed by atoms with Crippen LogP contribution in [0.5, 0.6) is 5.75 Å². The van der Waals surface area contributed by atoms with Crippen LogP contribution >= 0.6 is 0 Å². The summed E-state index contributed by atoms with van der Waals surface area (Å²) in [6, 6.07) is 17.5. The highest BCUT2D eigenvalue weighted by atomic mass is 16.5. The minimum atomic E-state index is -0.185. The molecule has 1 N–H and O–H groups in total. The maximum absolute atomic E-state index is 12.4. The average molecular weight is 334 g/mol. The number of para-hydroxylation sites is 1. The van der Waals surface area contributed by atoms with Crippen LogP contribution in [0.25, 0.3) is 11.5 Å². The molecule has 3 aromatic rings. The summed E-state index contributed by atoms with van der Waals surface area (Å²) in [6.07, 6.45) is 2.27. The highest BCUT2D eigenvalue weighted by Gasteiger charge is 2.25. The van der Waals surface area contributed by atoms with Crippen LogP contribution in [0.3, 0.4) is 0 Å². The Hall–Kier alpha value is -3.08. The summed E-state index contributed by atoms with van der Waals surface area (Å²) in [5.41, 5.74) is 2.68. The first kappa shape index (κ1) is 15.4. The normalized spacial score (nSPS) is 15.9. The van der Waals surface area contributed by atoms with Crippen molar-refractivity contribution in [3.8, 4) is 17.2 Å². The van der Waals surface area contributed by atoms with Crippen LogP contribution < -0.4 is 10.1 Å². The van der Waals surface area contributed by atoms with Gasteiger partial charge in [0.05, 0.1) is 18.2 Å². The van der Waals surface area contributed by atoms with Crippen LogP contribution in [-0.2, 0) is 17.8 Å². The molecule has 0 unspecified atom stereocenters. The third-order valence-corrected chi connectivity index (χ3v) is 4.27. The van der Waals surface area contributed by atoms with Gasteiger partial charge in [0.1, 0.15) is 18.6 Å². The van der Waals surface area contributed by atoms with Crippen molar-refractivity contribution in [2.45, 2.75) is 13.0 Å². The molecule has 1 aliphatic rings. The largest absolute Gasteiger partial charge is 0.492 e. The lowest BCUT2D eigenvalue weighted by molar-refractivity contribution is -0.126. The minimum absolute atomic E-state index is 0.0289. The lowest BCUT2D eigenvalue weighted by Gasteiger charge is -2.24. The summed E-state index contributed by atoms with van der Waals surface area (Å²) in [7, 11) is 0. The molecule has 25 heavy (non-hydrogen) atoms. The Morgan fingerprint density at radius 2 is 1.92 bits per heavy atom. The van der Waals surface area contributed by atoms with Crippen LogP contribution in [0.1, 0.15) is 11.3 Å². The van der Waals surface area contributed by atoms with Gasteiger partial charge in [-0.2, -0.15) is 0 Å². The molecule has 0 saturated carbocycles. The van der Waals surface area contributed by atoms with Gasteiger partial charge >= 0.3 is 0 Å². The number of oxazole rings is 1. The molecule has 5 nitrogen and oxygen atoms in total. The number of carbonyl (C=O) groups is 1. The van der Waals surface area contributed by atoms with Gasteiger partial charge in [0, 0.05) is 5.56 Å². The summed E-state index contributed by atoms with van der Waals surface area (Å²) in [5.74, 6) is 1.21. The van der Waals surface area contributed by atoms with E-state index in [-0.39, 0.29) is 11.8 Å². The molecule has 0 saturated heterocycles. The summed E-state index contributed by atoms with van der Waals surface area (Å²) in [6.45, 7) is 0.740. The maximum atomic E-state index is 12.4. The van der Waals surface area contributed by atoms with Crippen molar-refractivity contribution >= 4 is 5.91 Å². The van der Waals surface area contributed by atoms with Crippen LogP contribution in [0.15, 0.2) is 65.3 Å². The van der Waals surface area contributed by atoms with E-state index in [0.29, 0.717) is 31.2 Å². The molecule has 0 bridgehead atoms. The highest BCUT2D eigenvalue weighted by molar-refractivity contribution is 5.79. The number of nitrogens with one attached hydrogen (secondary N) is 1. The number of amides is 1. The molecule has 0 radical (unpaired) electrons. The quantitative estimate of drug-likeness (QED) is 0.796. The molecule has 1 aromatic heterocycles. The van der Waals surface area contributed by atoms with Gasteiger partial charge in [0.2, 0.25) is 11.8 Å². The lowest BCUT2D eigenvalue weighted by Crippen LogP contribution is -2.37. The fourth-order valence-corrected chi connectivity index (χ4v) is 2.92. The molecule has 126 valence electrons. The standard InChI is InChI=1S/C20H18N2O3/c23-19(16-10-15-8-4-5-9-18(15)24-12-16)21-11-17-13-25-20(22-17)14-6-2-1-3-7-14/h1-9,13,16H,10-12H2,(H,21,23)/t16-/m1/s1. The monoisotopic (exact) mass is 334 g/mol. The smallest absolute Gasteiger partial charge is 0.227 e. The zero-order valence-corrected chi connectivity index (χ0v) is 13.6. The van der Waals surface area contributed by atoms with Crippen molar-refractivity contribution in [1.82, 2.24) is 10.3 Å². The molecule has 5 heteroatoms. The molecular weight excluding hydrogens is 316 g/mol. The number of carbonyl (C=O) groups excluding carboxylic acids is 1. The average Bonchev–Trinajstić information content (AvgIpc) is 3.15. The van der Waals surface area contributed by atoms with E-state index in [2.05, 4.69) is 10.3 Å². The summed E-state index contributed by atoms with van der Waals surface area (Å²) >= 11 is 0. The Morgan fingerprint density at radius 3 is 2.80 bits per heavy atom. The summed E-state index contributed by atoms with van der Waals surface area (Å²) in [4.78, 5) is 16.8. The number of aromatic nitrogens is 1. The molecule has 1 amide bonds. The predicted octanol–water partition coefficient (Wildman–Crippen LogP) is 3.21. The fraction of sp³-hybridized carbons (Fsp3) is 0.200. The van der Waals surface area contributed by atoms with E-state index in [4.69, 9.17) is 9.15 Å². The molecule has 4 rings (SSSR count). The third kappa shape index (κ3) is 3.40. The van der Waals surface area contributed by atoms with E-state index in [0.717, 1.165) is 16.9 Å². The van der Waals surface area contributed by atoms with E-state index in [1.807, 2.05) is 54.6 Å². The van der Waals surface area contributed by atoms with Crippen molar-refractivity contribution in [2.24, 2.45) is 5.92 Å². The molecule has 1 atom stereocenters. The number of rotatable bonds is 4. The second-order valence-electron chi connectivity index (χ2n) is 6.05. The van der Waals surface area contributed by atoms with Gasteiger partial charge in [-0.05, 0) is 30.2 Å². The number of hydrogen-bond acceptors (Lipinski definition) is 4. The second-order valence-corrected chi connectivity index (χ2v) is 6.05. The Kier molecular flexibility index (Phi) is 4.21. The molecule has 0 fully saturated rings. The number of ether oxygens (including phenoxy) is 1. The van der Waals surface area contributed by atoms with Gasteiger partial charge in [-0.25, -0.2) is 4.98 Å². The van der Waals surface area contributed by atoms with Gasteiger partial charge in [0.15, 0.2) is 0 Å². The van der Waals surface area contributed by atoms with E-state index >= 15 is 0 Å². The summed E-state index contributed by atoms with van der Waals surface area (Å²) < 4.78 is 11.2. The molecule has 2 heterocycles. The molecule has 2 aromatic carbocycles. The first-order chi connectivity index (χ1) is 12.3. The van der Waals surface area contributed by atoms with Crippen molar-refractivity contribution in [2.75, 3.05) is 6.61 Å². The molecule has 0 spiro atoms. The number of nitrogens with zero attached hydrogens (tertiary/aromatic N) is 1. The minimum Gasteiger partial charge on any atom is -0.492 e. The van der Waals surface area contributed by atoms with Crippen molar-refractivity contribution < 1.29 is 13.9 Å². The van der Waals surface area contributed by atoms with Gasteiger partial charge in [0.25, 0.3) is 0 Å². The zero-order valence-electron chi connectivity index (χ0n) is 13.6. The van der Waals surface area contributed by atoms with E-state index in [1.54, 1.807) is 6.26 Å². The van der Waals surface area contributed by atoms with Crippen molar-refractivity contribution in [1.29, 1.82) is 0 Å². The molecule has 0 aliphatic carbocycles. The zero-order chi connectivity index (χ0) is 17.1. The summed E-state index contributed by atoms with van der Waals surface area (Å²) in [5, 5.41) is 2.92. The van der Waals surface area contributed by atoms with E-state index in [1.165, 1.54) is 0 Å². The van der Waals surface area contributed by atoms with Crippen LogP contribution in [0, 0.1) is 5.92 Å². The van der Waals surface area contributed by atoms with E-state index in [9.17, 15) is 4.79 Å². The Labute approximate surface area is 145 Å². The van der Waals surface area contributed by atoms with Gasteiger partial charge in [-0.3, -0.25) is 4.79 Å². The molecular formula is C20H18N2O3. The predicted molar refractivity (Wildman–Crippen MR) is 92.9 cm³/mol. The van der Waals surface area contributed by atoms with Gasteiger partial charge < -0.3 is 14.5 Å². The van der Waals surface area contributed by atoms with Gasteiger partial charge in [-0.1, -0.05) is 36.4 Å². The number of hydrogen-bond donors (Lipinski definition) is 1. The first-order valence-corrected chi connectivity index (χ1v) is 8.28. The SMILES string of the molecule is O=C(NCc1coc(-c2ccccc2)n1)[C@H]1COc2ccccc2C1. The van der Waals surface area contributed by atoms with Crippen LogP contribution in [0.2, 0.25) is 0 Å². The van der Waals surface area contributed by atoms with Gasteiger partial charge in [-0.15, -0.1) is 0 Å². The topological polar surface area (TPSA) is 64.4 Å². The third-order valence-electron chi connectivity index (χ3n) is 4.27. The van der Waals surface area contributed by atoms with Crippen LogP contribution in [-0.4, -0.2) is 17.5 Å². The Morgan fingerprint density at radius 1 is 1.12 bits per heavy atom. The Bertz CT molecular complexity index is 873. The van der Waals surface area contributed by atoms with Crippen molar-refractivity contribution in [3.05, 3.63) is 72.1 Å². The second kappa shape index (κ2) is 6.81. The van der Waals surface area contributed by atoms with Crippen molar-refractivity contribution in [3.63, 3.8) is 0 Å². The maximum Gasteiger partial charge on any atom is 0.227 e. The fourth-order valence-electron chi connectivity index (χ4n) is 2.92. The van der Waals surface area contributed by atoms with Crippen LogP contribution in [0.4, 0.5) is 0 Å². The lowest BCUT2D eigenvalue weighted by atomic mass is 9.96. The Balaban J connectivity index is 1.36. The van der Waals surface area contributed by atoms with E-state index < -0.39 is 0 Å². The number of fused-ring (bicyclic) bond motifs is 1. The molecule has 1 aliphatic heterocycles. The number of benzene rings is 2. The first-order valence-electron chi connectivity index (χ1n) is 8.28. The highest BCUT2D eigenvalue weighted by Crippen LogP contribution is 2.27.